The number of piperidine rings is 2. The van der Waals surface area contributed by atoms with E-state index in [0.29, 0.717) is 60.7 Å². The molecule has 9 nitrogen and oxygen atoms in total. The molecule has 2 aliphatic heterocycles. The molecular weight excluding hydrogens is 585 g/mol. The monoisotopic (exact) mass is 615 g/mol. The number of nitrogens with two attached hydrogens (primary N) is 1. The molecule has 0 aliphatic carbocycles. The summed E-state index contributed by atoms with van der Waals surface area (Å²) in [6.45, 7) is 3.04. The number of alkyl halides is 5. The highest BCUT2D eigenvalue weighted by Gasteiger charge is 2.48. The number of rotatable bonds is 6. The molecular formula is C30H30F5N7O2. The number of pyridine rings is 1. The second kappa shape index (κ2) is 11.3. The molecule has 44 heavy (non-hydrogen) atoms. The van der Waals surface area contributed by atoms with Crippen LogP contribution in [0.3, 0.4) is 0 Å². The highest BCUT2D eigenvalue weighted by molar-refractivity contribution is 6.04. The number of anilines is 2. The number of ether oxygens (including phenoxy) is 1. The lowest BCUT2D eigenvalue weighted by Crippen LogP contribution is -2.55. The summed E-state index contributed by atoms with van der Waals surface area (Å²) in [6, 6.07) is 5.39. The Bertz CT molecular complexity index is 1710. The van der Waals surface area contributed by atoms with Gasteiger partial charge in [0.25, 0.3) is 11.8 Å². The number of nitrogen functional groups attached to an aromatic ring is 1. The first kappa shape index (κ1) is 29.7. The van der Waals surface area contributed by atoms with Crippen LogP contribution in [0.25, 0.3) is 16.8 Å². The Morgan fingerprint density at radius 2 is 1.98 bits per heavy atom. The van der Waals surface area contributed by atoms with Crippen molar-refractivity contribution in [2.24, 2.45) is 0 Å². The van der Waals surface area contributed by atoms with Crippen LogP contribution in [-0.2, 0) is 6.18 Å². The molecule has 232 valence electrons. The molecule has 1 aromatic carbocycles. The Morgan fingerprint density at radius 1 is 1.16 bits per heavy atom. The Kier molecular flexibility index (Phi) is 7.64. The highest BCUT2D eigenvalue weighted by atomic mass is 19.4. The Morgan fingerprint density at radius 3 is 2.75 bits per heavy atom. The normalized spacial score (nSPS) is 20.3. The van der Waals surface area contributed by atoms with Gasteiger partial charge in [0.1, 0.15) is 34.4 Å². The molecule has 2 fully saturated rings. The summed E-state index contributed by atoms with van der Waals surface area (Å²) in [6.07, 6.45) is 0.874. The summed E-state index contributed by atoms with van der Waals surface area (Å²) in [5.41, 5.74) is 7.00. The summed E-state index contributed by atoms with van der Waals surface area (Å²) >= 11 is 0. The Hall–Kier alpha value is -4.33. The molecule has 3 N–H and O–H groups in total. The number of aromatic nitrogens is 4. The van der Waals surface area contributed by atoms with E-state index in [0.717, 1.165) is 18.3 Å². The van der Waals surface area contributed by atoms with Crippen LogP contribution in [0.1, 0.15) is 60.3 Å². The fourth-order valence-corrected chi connectivity index (χ4v) is 6.22. The predicted molar refractivity (Wildman–Crippen MR) is 153 cm³/mol. The van der Waals surface area contributed by atoms with Gasteiger partial charge >= 0.3 is 6.18 Å². The number of imidazole rings is 1. The SMILES string of the molecule is CCOc1cc(C(=O)Nc2cc(C(F)(F)F)ccn2)ccc1-c1nc([C@@H]2CC[C@H]3N(CCCC3(F)F)C2)n2ccnc(N)c12. The van der Waals surface area contributed by atoms with E-state index >= 15 is 0 Å². The van der Waals surface area contributed by atoms with Crippen LogP contribution in [0.5, 0.6) is 5.75 Å². The maximum Gasteiger partial charge on any atom is 0.416 e. The number of benzene rings is 1. The molecule has 0 saturated carbocycles. The minimum atomic E-state index is -4.59. The van der Waals surface area contributed by atoms with Crippen molar-refractivity contribution in [1.82, 2.24) is 24.3 Å². The lowest BCUT2D eigenvalue weighted by atomic mass is 9.85. The van der Waals surface area contributed by atoms with Crippen LogP contribution in [-0.4, -0.2) is 61.8 Å². The molecule has 1 amide bonds. The lowest BCUT2D eigenvalue weighted by Gasteiger charge is -2.46. The number of amides is 1. The molecule has 0 unspecified atom stereocenters. The molecule has 2 atom stereocenters. The van der Waals surface area contributed by atoms with Gasteiger partial charge in [0.05, 0.1) is 18.2 Å². The van der Waals surface area contributed by atoms with Crippen LogP contribution in [0.15, 0.2) is 48.9 Å². The Balaban J connectivity index is 1.34. The van der Waals surface area contributed by atoms with Gasteiger partial charge in [0.15, 0.2) is 0 Å². The molecule has 14 heteroatoms. The molecule has 0 bridgehead atoms. The fraction of sp³-hybridized carbons (Fsp3) is 0.400. The van der Waals surface area contributed by atoms with E-state index in [1.165, 1.54) is 12.1 Å². The van der Waals surface area contributed by atoms with Gasteiger partial charge < -0.3 is 15.8 Å². The van der Waals surface area contributed by atoms with Crippen molar-refractivity contribution in [3.05, 3.63) is 65.9 Å². The quantitative estimate of drug-likeness (QED) is 0.255. The standard InChI is InChI=1S/C30H30F5N7O2/c1-2-44-21-14-17(28(43)39-23-15-19(8-10-37-23)30(33,34)35)4-6-20(21)24-25-26(36)38-11-13-42(25)27(40-24)18-5-7-22-29(31,32)9-3-12-41(22)16-18/h4,6,8,10-11,13-15,18,22H,2-3,5,7,9,12,16H2,1H3,(H2,36,38)(H,37,39,43)/t18-,22-/m1/s1. The van der Waals surface area contributed by atoms with Crippen molar-refractivity contribution in [3.8, 4) is 17.0 Å². The third-order valence-electron chi connectivity index (χ3n) is 8.23. The van der Waals surface area contributed by atoms with Gasteiger partial charge in [-0.05, 0) is 63.1 Å². The van der Waals surface area contributed by atoms with Gasteiger partial charge in [-0.25, -0.2) is 23.7 Å². The van der Waals surface area contributed by atoms with E-state index in [1.807, 2.05) is 9.30 Å². The van der Waals surface area contributed by atoms with E-state index in [-0.39, 0.29) is 36.1 Å². The van der Waals surface area contributed by atoms with Gasteiger partial charge in [-0.1, -0.05) is 0 Å². The van der Waals surface area contributed by atoms with E-state index in [9.17, 15) is 26.7 Å². The van der Waals surface area contributed by atoms with Gasteiger partial charge in [0, 0.05) is 48.6 Å². The predicted octanol–water partition coefficient (Wildman–Crippen LogP) is 6.02. The second-order valence-corrected chi connectivity index (χ2v) is 11.0. The van der Waals surface area contributed by atoms with Crippen molar-refractivity contribution in [3.63, 3.8) is 0 Å². The number of nitrogens with zero attached hydrogens (tertiary/aromatic N) is 5. The maximum absolute atomic E-state index is 14.6. The molecule has 0 spiro atoms. The number of halogens is 5. The maximum atomic E-state index is 14.6. The zero-order valence-electron chi connectivity index (χ0n) is 23.7. The van der Waals surface area contributed by atoms with Crippen molar-refractivity contribution in [1.29, 1.82) is 0 Å². The van der Waals surface area contributed by atoms with E-state index < -0.39 is 29.6 Å². The van der Waals surface area contributed by atoms with Gasteiger partial charge in [-0.2, -0.15) is 13.2 Å². The van der Waals surface area contributed by atoms with Crippen molar-refractivity contribution >= 4 is 23.1 Å². The van der Waals surface area contributed by atoms with Gasteiger partial charge in [-0.15, -0.1) is 0 Å². The smallest absolute Gasteiger partial charge is 0.416 e. The average Bonchev–Trinajstić information content (AvgIpc) is 3.37. The number of nitrogens with one attached hydrogen (secondary N) is 1. The summed E-state index contributed by atoms with van der Waals surface area (Å²) in [4.78, 5) is 27.9. The van der Waals surface area contributed by atoms with E-state index in [2.05, 4.69) is 15.3 Å². The molecule has 2 saturated heterocycles. The van der Waals surface area contributed by atoms with Crippen LogP contribution in [0.4, 0.5) is 33.6 Å². The van der Waals surface area contributed by atoms with Crippen molar-refractivity contribution in [2.75, 3.05) is 30.7 Å². The zero-order valence-corrected chi connectivity index (χ0v) is 23.7. The molecule has 6 rings (SSSR count). The van der Waals surface area contributed by atoms with Crippen LogP contribution < -0.4 is 15.8 Å². The average molecular weight is 616 g/mol. The number of carbonyl (C=O) groups excluding carboxylic acids is 1. The first-order valence-corrected chi connectivity index (χ1v) is 14.3. The largest absolute Gasteiger partial charge is 0.493 e. The molecule has 5 heterocycles. The third-order valence-corrected chi connectivity index (χ3v) is 8.23. The minimum absolute atomic E-state index is 0.0951. The summed E-state index contributed by atoms with van der Waals surface area (Å²) in [7, 11) is 0. The number of hydrogen-bond acceptors (Lipinski definition) is 7. The highest BCUT2D eigenvalue weighted by Crippen LogP contribution is 2.43. The molecule has 3 aromatic heterocycles. The van der Waals surface area contributed by atoms with Gasteiger partial charge in [-0.3, -0.25) is 14.1 Å². The summed E-state index contributed by atoms with van der Waals surface area (Å²) in [5.74, 6) is -2.62. The van der Waals surface area contributed by atoms with Crippen LogP contribution >= 0.6 is 0 Å². The van der Waals surface area contributed by atoms with E-state index in [1.54, 1.807) is 25.4 Å². The third kappa shape index (κ3) is 5.53. The van der Waals surface area contributed by atoms with Crippen molar-refractivity contribution in [2.45, 2.75) is 56.7 Å². The number of fused-ring (bicyclic) bond motifs is 2. The van der Waals surface area contributed by atoms with Crippen molar-refractivity contribution < 1.29 is 31.5 Å². The summed E-state index contributed by atoms with van der Waals surface area (Å²) in [5, 5.41) is 2.40. The van der Waals surface area contributed by atoms with Crippen LogP contribution in [0.2, 0.25) is 0 Å². The molecule has 0 radical (unpaired) electrons. The molecule has 2 aliphatic rings. The zero-order chi connectivity index (χ0) is 31.2. The second-order valence-electron chi connectivity index (χ2n) is 11.0. The minimum Gasteiger partial charge on any atom is -0.493 e. The topological polar surface area (TPSA) is 111 Å². The van der Waals surface area contributed by atoms with Gasteiger partial charge in [0.2, 0.25) is 0 Å². The number of carbonyl (C=O) groups is 1. The first-order valence-electron chi connectivity index (χ1n) is 14.3. The lowest BCUT2D eigenvalue weighted by molar-refractivity contribution is -0.137. The number of hydrogen-bond donors (Lipinski definition) is 2. The fourth-order valence-electron chi connectivity index (χ4n) is 6.22. The summed E-state index contributed by atoms with van der Waals surface area (Å²) < 4.78 is 76.3. The molecule has 4 aromatic rings. The Labute approximate surface area is 249 Å². The van der Waals surface area contributed by atoms with E-state index in [4.69, 9.17) is 15.5 Å². The van der Waals surface area contributed by atoms with Crippen LogP contribution in [0, 0.1) is 0 Å². The first-order chi connectivity index (χ1) is 21.0.